The van der Waals surface area contributed by atoms with E-state index in [1.807, 2.05) is 19.9 Å². The van der Waals surface area contributed by atoms with Crippen molar-refractivity contribution in [2.75, 3.05) is 0 Å². The van der Waals surface area contributed by atoms with Gasteiger partial charge in [-0.25, -0.2) is 0 Å². The van der Waals surface area contributed by atoms with Crippen molar-refractivity contribution < 1.29 is 9.47 Å². The fraction of sp³-hybridized carbons (Fsp3) is 0.600. The summed E-state index contributed by atoms with van der Waals surface area (Å²) in [6.45, 7) is 8.18. The molecular formula is C15H22O2. The van der Waals surface area contributed by atoms with Crippen molar-refractivity contribution in [3.05, 3.63) is 35.9 Å². The van der Waals surface area contributed by atoms with Gasteiger partial charge < -0.3 is 9.47 Å². The molecule has 0 aromatic heterocycles. The van der Waals surface area contributed by atoms with Crippen molar-refractivity contribution in [1.29, 1.82) is 0 Å². The van der Waals surface area contributed by atoms with Gasteiger partial charge in [0.05, 0.1) is 11.7 Å². The van der Waals surface area contributed by atoms with E-state index in [0.717, 1.165) is 12.8 Å². The second-order valence-corrected chi connectivity index (χ2v) is 5.74. The van der Waals surface area contributed by atoms with Crippen LogP contribution in [0.1, 0.15) is 39.7 Å². The average molecular weight is 234 g/mol. The van der Waals surface area contributed by atoms with Crippen molar-refractivity contribution in [1.82, 2.24) is 0 Å². The number of benzene rings is 1. The molecule has 17 heavy (non-hydrogen) atoms. The topological polar surface area (TPSA) is 18.5 Å². The number of rotatable bonds is 3. The van der Waals surface area contributed by atoms with E-state index in [0.29, 0.717) is 0 Å². The maximum absolute atomic E-state index is 5.96. The summed E-state index contributed by atoms with van der Waals surface area (Å²) in [7, 11) is 0. The number of aryl methyl sites for hydroxylation is 1. The molecule has 1 heterocycles. The summed E-state index contributed by atoms with van der Waals surface area (Å²) in [5.74, 6) is -0.454. The SMILES string of the molecule is CC1(C)OC(CCc2ccccc2)C(C)(C)O1. The lowest BCUT2D eigenvalue weighted by Gasteiger charge is -2.23. The number of hydrogen-bond acceptors (Lipinski definition) is 2. The summed E-state index contributed by atoms with van der Waals surface area (Å²) in [4.78, 5) is 0. The van der Waals surface area contributed by atoms with E-state index in [4.69, 9.17) is 9.47 Å². The Kier molecular flexibility index (Phi) is 3.28. The van der Waals surface area contributed by atoms with Gasteiger partial charge in [-0.15, -0.1) is 0 Å². The molecule has 0 N–H and O–H groups in total. The number of ether oxygens (including phenoxy) is 2. The van der Waals surface area contributed by atoms with Crippen LogP contribution in [0.4, 0.5) is 0 Å². The Hall–Kier alpha value is -0.860. The zero-order chi connectivity index (χ0) is 12.5. The van der Waals surface area contributed by atoms with Gasteiger partial charge in [-0.3, -0.25) is 0 Å². The molecule has 1 unspecified atom stereocenters. The van der Waals surface area contributed by atoms with Crippen molar-refractivity contribution in [2.24, 2.45) is 0 Å². The van der Waals surface area contributed by atoms with E-state index in [9.17, 15) is 0 Å². The molecule has 1 fully saturated rings. The highest BCUT2D eigenvalue weighted by Gasteiger charge is 2.46. The Morgan fingerprint density at radius 1 is 1.06 bits per heavy atom. The lowest BCUT2D eigenvalue weighted by atomic mass is 9.96. The summed E-state index contributed by atoms with van der Waals surface area (Å²) in [5, 5.41) is 0. The molecule has 1 aromatic carbocycles. The van der Waals surface area contributed by atoms with Crippen LogP contribution in [-0.2, 0) is 15.9 Å². The monoisotopic (exact) mass is 234 g/mol. The molecule has 1 aliphatic rings. The van der Waals surface area contributed by atoms with Crippen LogP contribution in [-0.4, -0.2) is 17.5 Å². The van der Waals surface area contributed by atoms with Crippen molar-refractivity contribution in [2.45, 2.75) is 58.0 Å². The third-order valence-electron chi connectivity index (χ3n) is 3.25. The smallest absolute Gasteiger partial charge is 0.164 e. The summed E-state index contributed by atoms with van der Waals surface area (Å²) in [6.07, 6.45) is 2.20. The van der Waals surface area contributed by atoms with Gasteiger partial charge in [0.2, 0.25) is 0 Å². The first-order valence-corrected chi connectivity index (χ1v) is 6.31. The first kappa shape index (κ1) is 12.6. The molecular weight excluding hydrogens is 212 g/mol. The third-order valence-corrected chi connectivity index (χ3v) is 3.25. The molecule has 1 aliphatic heterocycles. The second kappa shape index (κ2) is 4.43. The van der Waals surface area contributed by atoms with Gasteiger partial charge in [0.15, 0.2) is 5.79 Å². The molecule has 1 saturated heterocycles. The van der Waals surface area contributed by atoms with Crippen LogP contribution in [0, 0.1) is 0 Å². The standard InChI is InChI=1S/C15H22O2/c1-14(2)13(16-15(3,4)17-14)11-10-12-8-6-5-7-9-12/h5-9,13H,10-11H2,1-4H3. The van der Waals surface area contributed by atoms with Crippen LogP contribution in [0.3, 0.4) is 0 Å². The first-order chi connectivity index (χ1) is 7.89. The Morgan fingerprint density at radius 2 is 1.71 bits per heavy atom. The molecule has 0 radical (unpaired) electrons. The maximum atomic E-state index is 5.96. The summed E-state index contributed by atoms with van der Waals surface area (Å²) < 4.78 is 11.9. The van der Waals surface area contributed by atoms with Crippen molar-refractivity contribution in [3.8, 4) is 0 Å². The highest BCUT2D eigenvalue weighted by molar-refractivity contribution is 5.15. The summed E-state index contributed by atoms with van der Waals surface area (Å²) in [6, 6.07) is 10.5. The Balaban J connectivity index is 1.96. The zero-order valence-electron chi connectivity index (χ0n) is 11.2. The molecule has 1 aromatic rings. The Morgan fingerprint density at radius 3 is 2.24 bits per heavy atom. The van der Waals surface area contributed by atoms with Gasteiger partial charge in [-0.2, -0.15) is 0 Å². The fourth-order valence-electron chi connectivity index (χ4n) is 2.56. The molecule has 0 aliphatic carbocycles. The minimum atomic E-state index is -0.454. The molecule has 0 bridgehead atoms. The minimum absolute atomic E-state index is 0.165. The van der Waals surface area contributed by atoms with Crippen LogP contribution >= 0.6 is 0 Å². The van der Waals surface area contributed by atoms with Gasteiger partial charge in [0.25, 0.3) is 0 Å². The Labute approximate surface area is 104 Å². The molecule has 2 rings (SSSR count). The predicted octanol–water partition coefficient (Wildman–Crippen LogP) is 3.55. The highest BCUT2D eigenvalue weighted by atomic mass is 16.8. The van der Waals surface area contributed by atoms with E-state index in [1.54, 1.807) is 0 Å². The molecule has 2 nitrogen and oxygen atoms in total. The Bertz CT molecular complexity index is 368. The third kappa shape index (κ3) is 3.08. The van der Waals surface area contributed by atoms with Crippen molar-refractivity contribution in [3.63, 3.8) is 0 Å². The lowest BCUT2D eigenvalue weighted by molar-refractivity contribution is -0.157. The van der Waals surface area contributed by atoms with E-state index in [1.165, 1.54) is 5.56 Å². The molecule has 1 atom stereocenters. The van der Waals surface area contributed by atoms with Gasteiger partial charge >= 0.3 is 0 Å². The van der Waals surface area contributed by atoms with Crippen LogP contribution in [0.25, 0.3) is 0 Å². The van der Waals surface area contributed by atoms with Crippen LogP contribution in [0.2, 0.25) is 0 Å². The summed E-state index contributed by atoms with van der Waals surface area (Å²) in [5.41, 5.74) is 1.16. The predicted molar refractivity (Wildman–Crippen MR) is 68.9 cm³/mol. The molecule has 94 valence electrons. The normalized spacial score (nSPS) is 26.0. The van der Waals surface area contributed by atoms with Crippen LogP contribution < -0.4 is 0 Å². The first-order valence-electron chi connectivity index (χ1n) is 6.31. The fourth-order valence-corrected chi connectivity index (χ4v) is 2.56. The number of hydrogen-bond donors (Lipinski definition) is 0. The molecule has 0 amide bonds. The van der Waals surface area contributed by atoms with E-state index in [-0.39, 0.29) is 11.7 Å². The van der Waals surface area contributed by atoms with E-state index in [2.05, 4.69) is 38.1 Å². The van der Waals surface area contributed by atoms with Gasteiger partial charge in [0.1, 0.15) is 0 Å². The quantitative estimate of drug-likeness (QED) is 0.796. The van der Waals surface area contributed by atoms with Crippen LogP contribution in [0.5, 0.6) is 0 Å². The van der Waals surface area contributed by atoms with Gasteiger partial charge in [-0.05, 0) is 46.1 Å². The maximum Gasteiger partial charge on any atom is 0.164 e. The van der Waals surface area contributed by atoms with Crippen molar-refractivity contribution >= 4 is 0 Å². The van der Waals surface area contributed by atoms with E-state index < -0.39 is 5.79 Å². The second-order valence-electron chi connectivity index (χ2n) is 5.74. The minimum Gasteiger partial charge on any atom is -0.344 e. The zero-order valence-corrected chi connectivity index (χ0v) is 11.2. The van der Waals surface area contributed by atoms with E-state index >= 15 is 0 Å². The highest BCUT2D eigenvalue weighted by Crippen LogP contribution is 2.37. The molecule has 0 saturated carbocycles. The molecule has 2 heteroatoms. The van der Waals surface area contributed by atoms with Crippen LogP contribution in [0.15, 0.2) is 30.3 Å². The molecule has 0 spiro atoms. The lowest BCUT2D eigenvalue weighted by Crippen LogP contribution is -2.33. The summed E-state index contributed by atoms with van der Waals surface area (Å²) >= 11 is 0. The van der Waals surface area contributed by atoms with Gasteiger partial charge in [-0.1, -0.05) is 30.3 Å². The largest absolute Gasteiger partial charge is 0.344 e. The van der Waals surface area contributed by atoms with Gasteiger partial charge in [0, 0.05) is 0 Å². The average Bonchev–Trinajstić information content (AvgIpc) is 2.45.